The number of hydrogen-bond donors (Lipinski definition) is 1. The van der Waals surface area contributed by atoms with E-state index >= 15 is 0 Å². The van der Waals surface area contributed by atoms with Gasteiger partial charge in [-0.15, -0.1) is 0 Å². The van der Waals surface area contributed by atoms with Crippen molar-refractivity contribution in [2.24, 2.45) is 4.99 Å². The van der Waals surface area contributed by atoms with E-state index in [0.717, 1.165) is 10.7 Å². The minimum atomic E-state index is -0.376. The van der Waals surface area contributed by atoms with E-state index in [4.69, 9.17) is 0 Å². The Hall–Kier alpha value is -2.95. The summed E-state index contributed by atoms with van der Waals surface area (Å²) >= 11 is 0. The first-order valence-corrected chi connectivity index (χ1v) is 6.55. The number of amides is 2. The van der Waals surface area contributed by atoms with E-state index < -0.39 is 0 Å². The molecule has 21 heavy (non-hydrogen) atoms. The summed E-state index contributed by atoms with van der Waals surface area (Å²) in [6.07, 6.45) is 0.0907. The number of aliphatic imine (C=N–C) groups is 1. The summed E-state index contributed by atoms with van der Waals surface area (Å²) in [5, 5.41) is 1.01. The van der Waals surface area contributed by atoms with Gasteiger partial charge in [0.2, 0.25) is 0 Å². The molecule has 0 spiro atoms. The van der Waals surface area contributed by atoms with Crippen molar-refractivity contribution >= 4 is 23.3 Å². The van der Waals surface area contributed by atoms with Gasteiger partial charge in [0.05, 0.1) is 12.1 Å². The van der Waals surface area contributed by atoms with Crippen molar-refractivity contribution in [2.75, 3.05) is 0 Å². The number of hydrazine groups is 1. The highest BCUT2D eigenvalue weighted by Gasteiger charge is 2.31. The first-order valence-electron chi connectivity index (χ1n) is 6.55. The topological polar surface area (TPSA) is 61.8 Å². The Morgan fingerprint density at radius 2 is 1.62 bits per heavy atom. The van der Waals surface area contributed by atoms with Crippen LogP contribution in [0.5, 0.6) is 0 Å². The summed E-state index contributed by atoms with van der Waals surface area (Å²) in [7, 11) is 0. The SMILES string of the molecule is O=C1CC(=Nc2ccccc2)NN1C(=O)c1ccccc1. The maximum Gasteiger partial charge on any atom is 0.279 e. The molecule has 0 radical (unpaired) electrons. The lowest BCUT2D eigenvalue weighted by Gasteiger charge is -2.13. The third-order valence-electron chi connectivity index (χ3n) is 3.05. The minimum Gasteiger partial charge on any atom is -0.275 e. The lowest BCUT2D eigenvalue weighted by Crippen LogP contribution is -2.41. The Kier molecular flexibility index (Phi) is 3.47. The maximum atomic E-state index is 12.2. The van der Waals surface area contributed by atoms with Gasteiger partial charge in [0.25, 0.3) is 11.8 Å². The fourth-order valence-electron chi connectivity index (χ4n) is 2.05. The quantitative estimate of drug-likeness (QED) is 0.858. The first kappa shape index (κ1) is 13.1. The molecule has 2 aromatic rings. The van der Waals surface area contributed by atoms with Crippen LogP contribution >= 0.6 is 0 Å². The van der Waals surface area contributed by atoms with Crippen molar-refractivity contribution in [3.8, 4) is 0 Å². The normalized spacial score (nSPS) is 16.1. The lowest BCUT2D eigenvalue weighted by atomic mass is 10.2. The molecule has 0 atom stereocenters. The molecule has 1 saturated heterocycles. The predicted octanol–water partition coefficient (Wildman–Crippen LogP) is 2.29. The number of benzene rings is 2. The molecule has 1 heterocycles. The molecule has 0 aromatic heterocycles. The number of rotatable bonds is 2. The molecule has 104 valence electrons. The molecule has 0 saturated carbocycles. The van der Waals surface area contributed by atoms with Gasteiger partial charge in [-0.05, 0) is 24.3 Å². The van der Waals surface area contributed by atoms with Gasteiger partial charge in [-0.3, -0.25) is 15.0 Å². The fourth-order valence-corrected chi connectivity index (χ4v) is 2.05. The summed E-state index contributed by atoms with van der Waals surface area (Å²) in [6.45, 7) is 0. The number of nitrogens with one attached hydrogen (secondary N) is 1. The van der Waals surface area contributed by atoms with Gasteiger partial charge >= 0.3 is 0 Å². The zero-order chi connectivity index (χ0) is 14.7. The van der Waals surface area contributed by atoms with Crippen LogP contribution in [-0.4, -0.2) is 22.7 Å². The van der Waals surface area contributed by atoms with Crippen LogP contribution in [0.25, 0.3) is 0 Å². The van der Waals surface area contributed by atoms with Gasteiger partial charge in [0.15, 0.2) is 0 Å². The first-order chi connectivity index (χ1) is 10.2. The molecule has 0 bridgehead atoms. The van der Waals surface area contributed by atoms with Gasteiger partial charge < -0.3 is 0 Å². The molecule has 1 fully saturated rings. The van der Waals surface area contributed by atoms with Gasteiger partial charge in [0.1, 0.15) is 5.84 Å². The highest BCUT2D eigenvalue weighted by atomic mass is 16.2. The Balaban J connectivity index is 1.79. The van der Waals surface area contributed by atoms with E-state index in [2.05, 4.69) is 10.4 Å². The number of hydrogen-bond acceptors (Lipinski definition) is 3. The highest BCUT2D eigenvalue weighted by molar-refractivity contribution is 6.15. The Morgan fingerprint density at radius 3 is 2.29 bits per heavy atom. The largest absolute Gasteiger partial charge is 0.279 e. The third-order valence-corrected chi connectivity index (χ3v) is 3.05. The smallest absolute Gasteiger partial charge is 0.275 e. The number of imide groups is 1. The van der Waals surface area contributed by atoms with Crippen molar-refractivity contribution in [1.29, 1.82) is 0 Å². The number of amidine groups is 1. The monoisotopic (exact) mass is 279 g/mol. The molecule has 2 aromatic carbocycles. The van der Waals surface area contributed by atoms with Gasteiger partial charge in [-0.25, -0.2) is 4.99 Å². The molecular formula is C16H13N3O2. The Bertz CT molecular complexity index is 696. The van der Waals surface area contributed by atoms with Crippen LogP contribution in [0.3, 0.4) is 0 Å². The second-order valence-corrected chi connectivity index (χ2v) is 4.58. The van der Waals surface area contributed by atoms with E-state index in [1.165, 1.54) is 0 Å². The summed E-state index contributed by atoms with van der Waals surface area (Å²) < 4.78 is 0. The standard InChI is InChI=1S/C16H13N3O2/c20-15-11-14(17-13-9-5-2-6-10-13)18-19(15)16(21)12-7-3-1-4-8-12/h1-10H,11H2,(H,17,18). The van der Waals surface area contributed by atoms with Crippen molar-refractivity contribution in [3.63, 3.8) is 0 Å². The molecule has 5 nitrogen and oxygen atoms in total. The molecule has 0 aliphatic carbocycles. The summed E-state index contributed by atoms with van der Waals surface area (Å²) in [6, 6.07) is 18.0. The zero-order valence-corrected chi connectivity index (χ0v) is 11.2. The minimum absolute atomic E-state index is 0.0907. The molecule has 2 amide bonds. The molecular weight excluding hydrogens is 266 g/mol. The van der Waals surface area contributed by atoms with E-state index in [1.807, 2.05) is 36.4 Å². The van der Waals surface area contributed by atoms with E-state index in [1.54, 1.807) is 24.3 Å². The summed E-state index contributed by atoms with van der Waals surface area (Å²) in [5.41, 5.74) is 3.97. The van der Waals surface area contributed by atoms with E-state index in [9.17, 15) is 9.59 Å². The zero-order valence-electron chi connectivity index (χ0n) is 11.2. The molecule has 1 N–H and O–H groups in total. The molecule has 3 rings (SSSR count). The van der Waals surface area contributed by atoms with Crippen LogP contribution < -0.4 is 5.43 Å². The number of carbonyl (C=O) groups excluding carboxylic acids is 2. The molecule has 5 heteroatoms. The lowest BCUT2D eigenvalue weighted by molar-refractivity contribution is -0.126. The predicted molar refractivity (Wildman–Crippen MR) is 78.9 cm³/mol. The van der Waals surface area contributed by atoms with Gasteiger partial charge in [0, 0.05) is 5.56 Å². The van der Waals surface area contributed by atoms with Crippen LogP contribution in [0.15, 0.2) is 65.7 Å². The maximum absolute atomic E-state index is 12.2. The van der Waals surface area contributed by atoms with Gasteiger partial charge in [-0.1, -0.05) is 36.4 Å². The van der Waals surface area contributed by atoms with E-state index in [-0.39, 0.29) is 18.2 Å². The van der Waals surface area contributed by atoms with Crippen LogP contribution in [0.4, 0.5) is 5.69 Å². The van der Waals surface area contributed by atoms with Crippen molar-refractivity contribution in [3.05, 3.63) is 66.2 Å². The fraction of sp³-hybridized carbons (Fsp3) is 0.0625. The van der Waals surface area contributed by atoms with Crippen LogP contribution in [0.1, 0.15) is 16.8 Å². The Labute approximate surface area is 121 Å². The van der Waals surface area contributed by atoms with Crippen LogP contribution in [0.2, 0.25) is 0 Å². The van der Waals surface area contributed by atoms with Crippen LogP contribution in [-0.2, 0) is 4.79 Å². The number of carbonyl (C=O) groups is 2. The molecule has 0 unspecified atom stereocenters. The van der Waals surface area contributed by atoms with Gasteiger partial charge in [-0.2, -0.15) is 5.01 Å². The average Bonchev–Trinajstić information content (AvgIpc) is 2.89. The van der Waals surface area contributed by atoms with Crippen molar-refractivity contribution in [1.82, 2.24) is 10.4 Å². The van der Waals surface area contributed by atoms with E-state index in [0.29, 0.717) is 11.4 Å². The summed E-state index contributed by atoms with van der Waals surface area (Å²) in [5.74, 6) is -0.215. The highest BCUT2D eigenvalue weighted by Crippen LogP contribution is 2.14. The number of nitrogens with zero attached hydrogens (tertiary/aromatic N) is 2. The number of para-hydroxylation sites is 1. The second-order valence-electron chi connectivity index (χ2n) is 4.58. The van der Waals surface area contributed by atoms with Crippen molar-refractivity contribution in [2.45, 2.75) is 6.42 Å². The Morgan fingerprint density at radius 1 is 1.00 bits per heavy atom. The van der Waals surface area contributed by atoms with Crippen LogP contribution in [0, 0.1) is 0 Å². The second kappa shape index (κ2) is 5.58. The van der Waals surface area contributed by atoms with Crippen molar-refractivity contribution < 1.29 is 9.59 Å². The average molecular weight is 279 g/mol. The summed E-state index contributed by atoms with van der Waals surface area (Å²) in [4.78, 5) is 28.5. The molecule has 1 aliphatic rings. The molecule has 1 aliphatic heterocycles. The third kappa shape index (κ3) is 2.81.